The molecule has 0 aromatic carbocycles. The van der Waals surface area contributed by atoms with E-state index in [9.17, 15) is 14.4 Å². The SMILES string of the molecule is COC(=O)CCC/C=C\CCCCCCCCC(CCCCCCCC/C=C\CCCC(=O)OC)OC(=O)CC(C)CC(C)(C)CN(C)C. The summed E-state index contributed by atoms with van der Waals surface area (Å²) in [5, 5.41) is 0. The molecule has 0 saturated carbocycles. The zero-order valence-electron chi connectivity index (χ0n) is 33.0. The van der Waals surface area contributed by atoms with Crippen molar-refractivity contribution in [3.8, 4) is 0 Å². The predicted molar refractivity (Wildman–Crippen MR) is 204 cm³/mol. The number of esters is 3. The number of carbonyl (C=O) groups excluding carboxylic acids is 3. The number of ether oxygens (including phenoxy) is 3. The summed E-state index contributed by atoms with van der Waals surface area (Å²) in [4.78, 5) is 37.6. The summed E-state index contributed by atoms with van der Waals surface area (Å²) in [6.45, 7) is 7.78. The summed E-state index contributed by atoms with van der Waals surface area (Å²) >= 11 is 0. The second-order valence-electron chi connectivity index (χ2n) is 15.3. The predicted octanol–water partition coefficient (Wildman–Crippen LogP) is 10.9. The maximum Gasteiger partial charge on any atom is 0.306 e. The van der Waals surface area contributed by atoms with Crippen LogP contribution >= 0.6 is 0 Å². The zero-order valence-corrected chi connectivity index (χ0v) is 33.0. The number of hydrogen-bond donors (Lipinski definition) is 0. The van der Waals surface area contributed by atoms with Crippen molar-refractivity contribution in [2.45, 2.75) is 181 Å². The van der Waals surface area contributed by atoms with Gasteiger partial charge >= 0.3 is 17.9 Å². The largest absolute Gasteiger partial charge is 0.469 e. The van der Waals surface area contributed by atoms with E-state index in [1.807, 2.05) is 0 Å². The zero-order chi connectivity index (χ0) is 36.6. The van der Waals surface area contributed by atoms with Gasteiger partial charge in [0, 0.05) is 25.8 Å². The third-order valence-electron chi connectivity index (χ3n) is 9.04. The Labute approximate surface area is 302 Å². The number of methoxy groups -OCH3 is 2. The molecular weight excluding hydrogens is 614 g/mol. The minimum Gasteiger partial charge on any atom is -0.469 e. The minimum atomic E-state index is -0.128. The van der Waals surface area contributed by atoms with Crippen LogP contribution in [-0.4, -0.2) is 63.8 Å². The molecule has 0 bridgehead atoms. The number of unbranched alkanes of at least 4 members (excludes halogenated alkanes) is 14. The number of nitrogens with zero attached hydrogens (tertiary/aromatic N) is 1. The second-order valence-corrected chi connectivity index (χ2v) is 15.3. The Hall–Kier alpha value is -2.15. The van der Waals surface area contributed by atoms with Crippen molar-refractivity contribution in [3.05, 3.63) is 24.3 Å². The van der Waals surface area contributed by atoms with Gasteiger partial charge < -0.3 is 19.1 Å². The van der Waals surface area contributed by atoms with Crippen LogP contribution in [0.15, 0.2) is 24.3 Å². The standard InChI is InChI=1S/C42H77NO6/c1-37(35-42(2,3)36-43(4)5)34-41(46)49-38(30-26-22-18-14-10-8-12-16-20-24-28-32-39(44)47-6)31-27-23-19-15-11-9-13-17-21-25-29-33-40(45)48-7/h16-17,20-21,37-38H,8-15,18-19,22-36H2,1-7H3/b20-16-,21-17-. The van der Waals surface area contributed by atoms with Gasteiger partial charge in [-0.3, -0.25) is 14.4 Å². The molecular formula is C42H77NO6. The van der Waals surface area contributed by atoms with Crippen LogP contribution < -0.4 is 0 Å². The van der Waals surface area contributed by atoms with E-state index in [4.69, 9.17) is 4.74 Å². The molecule has 0 rings (SSSR count). The van der Waals surface area contributed by atoms with Gasteiger partial charge in [-0.15, -0.1) is 0 Å². The Morgan fingerprint density at radius 1 is 0.592 bits per heavy atom. The molecule has 0 fully saturated rings. The van der Waals surface area contributed by atoms with E-state index in [1.165, 1.54) is 78.4 Å². The van der Waals surface area contributed by atoms with Gasteiger partial charge in [0.1, 0.15) is 6.10 Å². The van der Waals surface area contributed by atoms with Gasteiger partial charge in [-0.1, -0.05) is 96.4 Å². The first-order valence-electron chi connectivity index (χ1n) is 19.8. The summed E-state index contributed by atoms with van der Waals surface area (Å²) < 4.78 is 15.5. The number of hydrogen-bond acceptors (Lipinski definition) is 7. The quantitative estimate of drug-likeness (QED) is 0.0293. The van der Waals surface area contributed by atoms with Crippen molar-refractivity contribution in [1.82, 2.24) is 4.90 Å². The van der Waals surface area contributed by atoms with Crippen LogP contribution in [0.4, 0.5) is 0 Å². The Bertz CT molecular complexity index is 832. The number of rotatable bonds is 33. The third-order valence-corrected chi connectivity index (χ3v) is 9.04. The number of allylic oxidation sites excluding steroid dienone is 4. The Balaban J connectivity index is 4.39. The van der Waals surface area contributed by atoms with Crippen LogP contribution in [0.2, 0.25) is 0 Å². The first kappa shape index (κ1) is 46.9. The summed E-state index contributed by atoms with van der Waals surface area (Å²) in [5.74, 6) is 0.0379. The van der Waals surface area contributed by atoms with Crippen LogP contribution in [0.3, 0.4) is 0 Å². The van der Waals surface area contributed by atoms with E-state index in [-0.39, 0.29) is 29.4 Å². The van der Waals surface area contributed by atoms with Gasteiger partial charge in [0.15, 0.2) is 0 Å². The topological polar surface area (TPSA) is 82.1 Å². The van der Waals surface area contributed by atoms with Crippen molar-refractivity contribution >= 4 is 17.9 Å². The maximum atomic E-state index is 13.0. The summed E-state index contributed by atoms with van der Waals surface area (Å²) in [5.41, 5.74) is 0.173. The lowest BCUT2D eigenvalue weighted by Gasteiger charge is -2.31. The molecule has 1 atom stereocenters. The lowest BCUT2D eigenvalue weighted by molar-refractivity contribution is -0.151. The van der Waals surface area contributed by atoms with Crippen molar-refractivity contribution in [1.29, 1.82) is 0 Å². The molecule has 0 aliphatic rings. The van der Waals surface area contributed by atoms with E-state index in [1.54, 1.807) is 0 Å². The van der Waals surface area contributed by atoms with Crippen LogP contribution in [0.25, 0.3) is 0 Å². The molecule has 0 saturated heterocycles. The highest BCUT2D eigenvalue weighted by Gasteiger charge is 2.24. The average molecular weight is 692 g/mol. The van der Waals surface area contributed by atoms with E-state index in [0.717, 1.165) is 77.2 Å². The van der Waals surface area contributed by atoms with Gasteiger partial charge in [-0.25, -0.2) is 0 Å². The second kappa shape index (κ2) is 31.8. The Morgan fingerprint density at radius 2 is 0.980 bits per heavy atom. The summed E-state index contributed by atoms with van der Waals surface area (Å²) in [6.07, 6.45) is 33.8. The molecule has 0 aliphatic heterocycles. The van der Waals surface area contributed by atoms with Crippen molar-refractivity contribution < 1.29 is 28.6 Å². The summed E-state index contributed by atoms with van der Waals surface area (Å²) in [6, 6.07) is 0. The lowest BCUT2D eigenvalue weighted by Crippen LogP contribution is -2.31. The van der Waals surface area contributed by atoms with Crippen LogP contribution in [0.5, 0.6) is 0 Å². The van der Waals surface area contributed by atoms with Crippen molar-refractivity contribution in [3.63, 3.8) is 0 Å². The molecule has 0 radical (unpaired) electrons. The van der Waals surface area contributed by atoms with E-state index in [0.29, 0.717) is 25.2 Å². The minimum absolute atomic E-state index is 0.0187. The lowest BCUT2D eigenvalue weighted by atomic mass is 9.82. The van der Waals surface area contributed by atoms with Crippen LogP contribution in [0.1, 0.15) is 175 Å². The highest BCUT2D eigenvalue weighted by Crippen LogP contribution is 2.28. The first-order valence-corrected chi connectivity index (χ1v) is 19.8. The van der Waals surface area contributed by atoms with Crippen molar-refractivity contribution in [2.75, 3.05) is 34.9 Å². The van der Waals surface area contributed by atoms with Crippen LogP contribution in [-0.2, 0) is 28.6 Å². The molecule has 286 valence electrons. The van der Waals surface area contributed by atoms with Gasteiger partial charge in [0.2, 0.25) is 0 Å². The fourth-order valence-electron chi connectivity index (χ4n) is 6.80. The molecule has 1 unspecified atom stereocenters. The first-order chi connectivity index (χ1) is 23.5. The molecule has 0 aromatic rings. The Morgan fingerprint density at radius 3 is 1.39 bits per heavy atom. The maximum absolute atomic E-state index is 13.0. The van der Waals surface area contributed by atoms with Gasteiger partial charge in [0.25, 0.3) is 0 Å². The molecule has 0 N–H and O–H groups in total. The van der Waals surface area contributed by atoms with E-state index < -0.39 is 0 Å². The molecule has 49 heavy (non-hydrogen) atoms. The average Bonchev–Trinajstić information content (AvgIpc) is 3.03. The highest BCUT2D eigenvalue weighted by atomic mass is 16.5. The molecule has 0 heterocycles. The van der Waals surface area contributed by atoms with Crippen molar-refractivity contribution in [2.24, 2.45) is 11.3 Å². The third kappa shape index (κ3) is 32.8. The molecule has 0 aliphatic carbocycles. The molecule has 0 amide bonds. The van der Waals surface area contributed by atoms with Crippen LogP contribution in [0, 0.1) is 11.3 Å². The normalized spacial score (nSPS) is 12.8. The van der Waals surface area contributed by atoms with Gasteiger partial charge in [-0.05, 0) is 109 Å². The highest BCUT2D eigenvalue weighted by molar-refractivity contribution is 5.70. The monoisotopic (exact) mass is 692 g/mol. The van der Waals surface area contributed by atoms with E-state index in [2.05, 4.69) is 73.5 Å². The fourth-order valence-corrected chi connectivity index (χ4v) is 6.80. The van der Waals surface area contributed by atoms with E-state index >= 15 is 0 Å². The van der Waals surface area contributed by atoms with Gasteiger partial charge in [0.05, 0.1) is 14.2 Å². The molecule has 7 nitrogen and oxygen atoms in total. The molecule has 7 heteroatoms. The Kier molecular flexibility index (Phi) is 30.4. The smallest absolute Gasteiger partial charge is 0.306 e. The number of carbonyl (C=O) groups is 3. The molecule has 0 aromatic heterocycles. The van der Waals surface area contributed by atoms with Gasteiger partial charge in [-0.2, -0.15) is 0 Å². The summed E-state index contributed by atoms with van der Waals surface area (Å²) in [7, 11) is 7.10. The fraction of sp³-hybridized carbons (Fsp3) is 0.833. The molecule has 0 spiro atoms.